The largest absolute Gasteiger partial charge is 0.495 e. The first-order valence-electron chi connectivity index (χ1n) is 6.99. The Kier molecular flexibility index (Phi) is 3.84. The highest BCUT2D eigenvalue weighted by Crippen LogP contribution is 2.36. The van der Waals surface area contributed by atoms with Crippen molar-refractivity contribution < 1.29 is 9.53 Å². The maximum atomic E-state index is 12.5. The van der Waals surface area contributed by atoms with E-state index in [1.165, 1.54) is 10.4 Å². The molecule has 1 unspecified atom stereocenters. The summed E-state index contributed by atoms with van der Waals surface area (Å²) in [7, 11) is 1.57. The number of ether oxygens (including phenoxy) is 1. The zero-order valence-corrected chi connectivity index (χ0v) is 12.7. The van der Waals surface area contributed by atoms with Gasteiger partial charge in [-0.15, -0.1) is 11.3 Å². The third-order valence-corrected chi connectivity index (χ3v) is 4.87. The first-order valence-corrected chi connectivity index (χ1v) is 7.87. The van der Waals surface area contributed by atoms with Gasteiger partial charge < -0.3 is 15.8 Å². The van der Waals surface area contributed by atoms with Crippen molar-refractivity contribution in [2.45, 2.75) is 25.2 Å². The predicted molar refractivity (Wildman–Crippen MR) is 86.0 cm³/mol. The van der Waals surface area contributed by atoms with E-state index < -0.39 is 0 Å². The predicted octanol–water partition coefficient (Wildman–Crippen LogP) is 3.40. The zero-order chi connectivity index (χ0) is 14.8. The summed E-state index contributed by atoms with van der Waals surface area (Å²) >= 11 is 1.74. The molecule has 1 aromatic carbocycles. The number of nitrogens with one attached hydrogen (secondary N) is 1. The highest BCUT2D eigenvalue weighted by Gasteiger charge is 2.27. The SMILES string of the molecule is COc1cc(NC(=O)C2CCCc3sccc32)ccc1N. The molecule has 3 N–H and O–H groups in total. The molecule has 110 valence electrons. The number of hydrogen-bond donors (Lipinski definition) is 2. The summed E-state index contributed by atoms with van der Waals surface area (Å²) < 4.78 is 5.18. The van der Waals surface area contributed by atoms with Crippen LogP contribution in [0.4, 0.5) is 11.4 Å². The van der Waals surface area contributed by atoms with E-state index in [-0.39, 0.29) is 11.8 Å². The van der Waals surface area contributed by atoms with Crippen LogP contribution in [0.25, 0.3) is 0 Å². The van der Waals surface area contributed by atoms with Crippen LogP contribution in [-0.2, 0) is 11.2 Å². The number of benzene rings is 1. The molecule has 0 radical (unpaired) electrons. The summed E-state index contributed by atoms with van der Waals surface area (Å²) in [5, 5.41) is 5.05. The van der Waals surface area contributed by atoms with E-state index in [0.29, 0.717) is 17.1 Å². The van der Waals surface area contributed by atoms with E-state index in [1.807, 2.05) is 0 Å². The van der Waals surface area contributed by atoms with Crippen molar-refractivity contribution in [3.05, 3.63) is 40.1 Å². The normalized spacial score (nSPS) is 17.1. The monoisotopic (exact) mass is 302 g/mol. The van der Waals surface area contributed by atoms with Gasteiger partial charge in [0.25, 0.3) is 0 Å². The Hall–Kier alpha value is -2.01. The average Bonchev–Trinajstić information content (AvgIpc) is 2.97. The standard InChI is InChI=1S/C16H18N2O2S/c1-20-14-9-10(5-6-13(14)17)18-16(19)12-3-2-4-15-11(12)7-8-21-15/h5-9,12H,2-4,17H2,1H3,(H,18,19). The molecular weight excluding hydrogens is 284 g/mol. The number of anilines is 2. The van der Waals surface area contributed by atoms with Gasteiger partial charge in [0.1, 0.15) is 5.75 Å². The fraction of sp³-hybridized carbons (Fsp3) is 0.312. The molecule has 0 fully saturated rings. The van der Waals surface area contributed by atoms with Gasteiger partial charge in [0, 0.05) is 16.6 Å². The molecule has 0 aliphatic heterocycles. The molecule has 1 amide bonds. The molecule has 0 spiro atoms. The molecule has 0 bridgehead atoms. The smallest absolute Gasteiger partial charge is 0.231 e. The van der Waals surface area contributed by atoms with Crippen LogP contribution in [0.5, 0.6) is 5.75 Å². The van der Waals surface area contributed by atoms with E-state index >= 15 is 0 Å². The lowest BCUT2D eigenvalue weighted by Gasteiger charge is -2.22. The van der Waals surface area contributed by atoms with Crippen molar-refractivity contribution in [3.63, 3.8) is 0 Å². The number of aryl methyl sites for hydroxylation is 1. The molecular formula is C16H18N2O2S. The van der Waals surface area contributed by atoms with E-state index in [9.17, 15) is 4.79 Å². The Morgan fingerprint density at radius 2 is 2.29 bits per heavy atom. The number of methoxy groups -OCH3 is 1. The van der Waals surface area contributed by atoms with Crippen molar-refractivity contribution in [1.29, 1.82) is 0 Å². The van der Waals surface area contributed by atoms with Crippen LogP contribution < -0.4 is 15.8 Å². The van der Waals surface area contributed by atoms with E-state index in [2.05, 4.69) is 16.8 Å². The summed E-state index contributed by atoms with van der Waals surface area (Å²) in [6, 6.07) is 7.37. The lowest BCUT2D eigenvalue weighted by molar-refractivity contribution is -0.117. The maximum absolute atomic E-state index is 12.5. The average molecular weight is 302 g/mol. The van der Waals surface area contributed by atoms with Gasteiger partial charge in [0.2, 0.25) is 5.91 Å². The Morgan fingerprint density at radius 1 is 1.43 bits per heavy atom. The van der Waals surface area contributed by atoms with Gasteiger partial charge in [0.05, 0.1) is 18.7 Å². The molecule has 1 heterocycles. The molecule has 0 saturated carbocycles. The van der Waals surface area contributed by atoms with E-state index in [1.54, 1.807) is 36.6 Å². The number of rotatable bonds is 3. The number of nitrogens with two attached hydrogens (primary N) is 1. The van der Waals surface area contributed by atoms with Crippen LogP contribution in [-0.4, -0.2) is 13.0 Å². The Morgan fingerprint density at radius 3 is 3.10 bits per heavy atom. The first-order chi connectivity index (χ1) is 10.2. The van der Waals surface area contributed by atoms with Crippen LogP contribution in [0.15, 0.2) is 29.6 Å². The topological polar surface area (TPSA) is 64.3 Å². The number of carbonyl (C=O) groups excluding carboxylic acids is 1. The molecule has 3 rings (SSSR count). The molecule has 1 aliphatic carbocycles. The van der Waals surface area contributed by atoms with E-state index in [0.717, 1.165) is 19.3 Å². The minimum absolute atomic E-state index is 0.0428. The van der Waals surface area contributed by atoms with Crippen molar-refractivity contribution in [2.75, 3.05) is 18.2 Å². The quantitative estimate of drug-likeness (QED) is 0.854. The van der Waals surface area contributed by atoms with Crippen molar-refractivity contribution >= 4 is 28.6 Å². The summed E-state index contributed by atoms with van der Waals surface area (Å²) in [6.45, 7) is 0. The number of thiophene rings is 1. The second kappa shape index (κ2) is 5.77. The molecule has 1 aliphatic rings. The number of carbonyl (C=O) groups is 1. The van der Waals surface area contributed by atoms with Crippen LogP contribution in [0.3, 0.4) is 0 Å². The summed E-state index contributed by atoms with van der Waals surface area (Å²) in [5.41, 5.74) is 8.25. The van der Waals surface area contributed by atoms with Crippen LogP contribution in [0, 0.1) is 0 Å². The van der Waals surface area contributed by atoms with Gasteiger partial charge in [-0.3, -0.25) is 4.79 Å². The molecule has 21 heavy (non-hydrogen) atoms. The van der Waals surface area contributed by atoms with Crippen molar-refractivity contribution in [3.8, 4) is 5.75 Å². The lowest BCUT2D eigenvalue weighted by Crippen LogP contribution is -2.23. The minimum Gasteiger partial charge on any atom is -0.495 e. The number of fused-ring (bicyclic) bond motifs is 1. The van der Waals surface area contributed by atoms with Gasteiger partial charge in [0.15, 0.2) is 0 Å². The van der Waals surface area contributed by atoms with Crippen LogP contribution >= 0.6 is 11.3 Å². The van der Waals surface area contributed by atoms with Crippen molar-refractivity contribution in [2.24, 2.45) is 0 Å². The summed E-state index contributed by atoms with van der Waals surface area (Å²) in [5.74, 6) is 0.567. The first kappa shape index (κ1) is 13.9. The van der Waals surface area contributed by atoms with Crippen LogP contribution in [0.2, 0.25) is 0 Å². The number of amides is 1. The fourth-order valence-electron chi connectivity index (χ4n) is 2.78. The number of nitrogen functional groups attached to an aromatic ring is 1. The third kappa shape index (κ3) is 2.74. The summed E-state index contributed by atoms with van der Waals surface area (Å²) in [6.07, 6.45) is 3.06. The van der Waals surface area contributed by atoms with Crippen LogP contribution in [0.1, 0.15) is 29.2 Å². The minimum atomic E-state index is -0.0523. The number of hydrogen-bond acceptors (Lipinski definition) is 4. The molecule has 1 atom stereocenters. The van der Waals surface area contributed by atoms with Gasteiger partial charge in [-0.25, -0.2) is 0 Å². The Labute approximate surface area is 127 Å². The third-order valence-electron chi connectivity index (χ3n) is 3.87. The second-order valence-electron chi connectivity index (χ2n) is 5.19. The van der Waals surface area contributed by atoms with Crippen molar-refractivity contribution in [1.82, 2.24) is 0 Å². The molecule has 5 heteroatoms. The highest BCUT2D eigenvalue weighted by molar-refractivity contribution is 7.10. The van der Waals surface area contributed by atoms with Gasteiger partial charge in [-0.1, -0.05) is 0 Å². The van der Waals surface area contributed by atoms with Gasteiger partial charge in [-0.05, 0) is 48.4 Å². The van der Waals surface area contributed by atoms with Gasteiger partial charge >= 0.3 is 0 Å². The Bertz CT molecular complexity index is 666. The maximum Gasteiger partial charge on any atom is 0.231 e. The fourth-order valence-corrected chi connectivity index (χ4v) is 3.76. The summed E-state index contributed by atoms with van der Waals surface area (Å²) in [4.78, 5) is 13.9. The zero-order valence-electron chi connectivity index (χ0n) is 11.9. The molecule has 2 aromatic rings. The van der Waals surface area contributed by atoms with Gasteiger partial charge in [-0.2, -0.15) is 0 Å². The lowest BCUT2D eigenvalue weighted by atomic mass is 9.87. The molecule has 0 saturated heterocycles. The molecule has 1 aromatic heterocycles. The molecule has 4 nitrogen and oxygen atoms in total. The second-order valence-corrected chi connectivity index (χ2v) is 6.19. The highest BCUT2D eigenvalue weighted by atomic mass is 32.1. The van der Waals surface area contributed by atoms with E-state index in [4.69, 9.17) is 10.5 Å². The Balaban J connectivity index is 1.79.